The third kappa shape index (κ3) is 4.32. The summed E-state index contributed by atoms with van der Waals surface area (Å²) in [6.07, 6.45) is 0.443. The van der Waals surface area contributed by atoms with Crippen LogP contribution in [-0.4, -0.2) is 31.6 Å². The number of hydrogen-bond donors (Lipinski definition) is 0. The van der Waals surface area contributed by atoms with Crippen molar-refractivity contribution in [1.82, 2.24) is 4.90 Å². The van der Waals surface area contributed by atoms with E-state index in [1.165, 1.54) is 0 Å². The van der Waals surface area contributed by atoms with E-state index in [9.17, 15) is 4.79 Å². The average Bonchev–Trinajstić information content (AvgIpc) is 2.60. The number of thiophene rings is 1. The Morgan fingerprint density at radius 1 is 1.67 bits per heavy atom. The lowest BCUT2D eigenvalue weighted by Gasteiger charge is -2.15. The summed E-state index contributed by atoms with van der Waals surface area (Å²) in [7, 11) is 3.41. The first-order chi connectivity index (χ1) is 7.13. The minimum Gasteiger partial charge on any atom is -0.384 e. The number of ether oxygens (including phenoxy) is 1. The molecule has 1 aromatic rings. The number of methoxy groups -OCH3 is 1. The normalized spacial score (nSPS) is 10.3. The van der Waals surface area contributed by atoms with Gasteiger partial charge in [0.05, 0.1) is 16.8 Å². The number of carbonyl (C=O) groups excluding carboxylic acids is 1. The summed E-state index contributed by atoms with van der Waals surface area (Å²) in [5.41, 5.74) is 1.15. The van der Waals surface area contributed by atoms with Gasteiger partial charge in [0.1, 0.15) is 0 Å². The van der Waals surface area contributed by atoms with Crippen LogP contribution in [0.25, 0.3) is 0 Å². The number of carbonyl (C=O) groups is 1. The summed E-state index contributed by atoms with van der Waals surface area (Å²) >= 11 is 5.03. The van der Waals surface area contributed by atoms with Gasteiger partial charge in [-0.2, -0.15) is 0 Å². The molecular weight excluding hydrogens is 278 g/mol. The Morgan fingerprint density at radius 3 is 2.93 bits per heavy atom. The minimum atomic E-state index is 0.110. The molecule has 0 aliphatic carbocycles. The van der Waals surface area contributed by atoms with E-state index < -0.39 is 0 Å². The van der Waals surface area contributed by atoms with Crippen LogP contribution >= 0.6 is 27.3 Å². The van der Waals surface area contributed by atoms with Crippen molar-refractivity contribution in [1.29, 1.82) is 0 Å². The van der Waals surface area contributed by atoms with E-state index in [1.54, 1.807) is 23.3 Å². The number of halogens is 1. The van der Waals surface area contributed by atoms with Crippen molar-refractivity contribution in [3.8, 4) is 0 Å². The van der Waals surface area contributed by atoms with Gasteiger partial charge >= 0.3 is 0 Å². The highest BCUT2D eigenvalue weighted by Gasteiger charge is 2.09. The van der Waals surface area contributed by atoms with Crippen molar-refractivity contribution in [3.05, 3.63) is 20.8 Å². The summed E-state index contributed by atoms with van der Waals surface area (Å²) in [5, 5.41) is 2.05. The highest BCUT2D eigenvalue weighted by Crippen LogP contribution is 2.21. The van der Waals surface area contributed by atoms with Crippen LogP contribution in [0.15, 0.2) is 15.2 Å². The molecule has 3 nitrogen and oxygen atoms in total. The van der Waals surface area contributed by atoms with Crippen molar-refractivity contribution in [2.24, 2.45) is 0 Å². The number of nitrogens with zero attached hydrogens (tertiary/aromatic N) is 1. The molecule has 0 saturated carbocycles. The smallest absolute Gasteiger partial charge is 0.224 e. The lowest BCUT2D eigenvalue weighted by Crippen LogP contribution is -2.26. The standard InChI is InChI=1S/C10H14BrNO2S/c1-12(10(13)3-4-14-2)6-8-5-9(11)15-7-8/h5,7H,3-4,6H2,1-2H3. The molecule has 0 atom stereocenters. The maximum absolute atomic E-state index is 11.6. The van der Waals surface area contributed by atoms with E-state index in [2.05, 4.69) is 15.9 Å². The van der Waals surface area contributed by atoms with E-state index in [0.29, 0.717) is 19.6 Å². The van der Waals surface area contributed by atoms with Crippen molar-refractivity contribution in [3.63, 3.8) is 0 Å². The van der Waals surface area contributed by atoms with Gasteiger partial charge in [0.25, 0.3) is 0 Å². The molecule has 0 fully saturated rings. The lowest BCUT2D eigenvalue weighted by atomic mass is 10.3. The van der Waals surface area contributed by atoms with Gasteiger partial charge in [-0.05, 0) is 32.9 Å². The van der Waals surface area contributed by atoms with E-state index in [4.69, 9.17) is 4.74 Å². The molecule has 0 aromatic carbocycles. The fourth-order valence-electron chi connectivity index (χ4n) is 1.17. The molecule has 1 amide bonds. The number of rotatable bonds is 5. The first-order valence-corrected chi connectivity index (χ1v) is 6.26. The van der Waals surface area contributed by atoms with E-state index in [0.717, 1.165) is 9.35 Å². The Kier molecular flexibility index (Phi) is 5.28. The zero-order chi connectivity index (χ0) is 11.3. The topological polar surface area (TPSA) is 29.5 Å². The molecule has 5 heteroatoms. The zero-order valence-corrected chi connectivity index (χ0v) is 11.2. The third-order valence-electron chi connectivity index (χ3n) is 1.99. The second-order valence-corrected chi connectivity index (χ2v) is 5.54. The van der Waals surface area contributed by atoms with Crippen LogP contribution in [0.4, 0.5) is 0 Å². The Balaban J connectivity index is 2.41. The van der Waals surface area contributed by atoms with Gasteiger partial charge in [0.2, 0.25) is 5.91 Å². The Bertz CT molecular complexity index is 327. The number of hydrogen-bond acceptors (Lipinski definition) is 3. The van der Waals surface area contributed by atoms with Gasteiger partial charge in [0.15, 0.2) is 0 Å². The SMILES string of the molecule is COCCC(=O)N(C)Cc1csc(Br)c1. The Hall–Kier alpha value is -0.390. The van der Waals surface area contributed by atoms with Gasteiger partial charge in [-0.1, -0.05) is 0 Å². The summed E-state index contributed by atoms with van der Waals surface area (Å²) in [6.45, 7) is 1.14. The Morgan fingerprint density at radius 2 is 2.40 bits per heavy atom. The van der Waals surface area contributed by atoms with Crippen LogP contribution in [0.3, 0.4) is 0 Å². The second kappa shape index (κ2) is 6.25. The minimum absolute atomic E-state index is 0.110. The van der Waals surface area contributed by atoms with Crippen molar-refractivity contribution >= 4 is 33.2 Å². The molecule has 1 rings (SSSR count). The zero-order valence-electron chi connectivity index (χ0n) is 8.83. The highest BCUT2D eigenvalue weighted by atomic mass is 79.9. The average molecular weight is 292 g/mol. The van der Waals surface area contributed by atoms with Crippen LogP contribution in [0.1, 0.15) is 12.0 Å². The van der Waals surface area contributed by atoms with Crippen molar-refractivity contribution in [2.45, 2.75) is 13.0 Å². The summed E-state index contributed by atoms with van der Waals surface area (Å²) in [5.74, 6) is 0.110. The summed E-state index contributed by atoms with van der Waals surface area (Å²) in [6, 6.07) is 2.03. The molecule has 1 heterocycles. The van der Waals surface area contributed by atoms with Gasteiger partial charge in [-0.15, -0.1) is 11.3 Å². The molecule has 0 spiro atoms. The van der Waals surface area contributed by atoms with Gasteiger partial charge in [0, 0.05) is 20.7 Å². The number of amides is 1. The maximum Gasteiger partial charge on any atom is 0.224 e. The molecular formula is C10H14BrNO2S. The van der Waals surface area contributed by atoms with E-state index in [1.807, 2.05) is 18.5 Å². The molecule has 0 aliphatic heterocycles. The van der Waals surface area contributed by atoms with Gasteiger partial charge in [-0.3, -0.25) is 4.79 Å². The first-order valence-electron chi connectivity index (χ1n) is 4.59. The predicted octanol–water partition coefficient (Wildman–Crippen LogP) is 2.51. The van der Waals surface area contributed by atoms with Gasteiger partial charge < -0.3 is 9.64 Å². The molecule has 0 radical (unpaired) electrons. The lowest BCUT2D eigenvalue weighted by molar-refractivity contribution is -0.131. The molecule has 84 valence electrons. The van der Waals surface area contributed by atoms with Crippen molar-refractivity contribution in [2.75, 3.05) is 20.8 Å². The van der Waals surface area contributed by atoms with Crippen LogP contribution < -0.4 is 0 Å². The van der Waals surface area contributed by atoms with Crippen LogP contribution in [0.2, 0.25) is 0 Å². The molecule has 15 heavy (non-hydrogen) atoms. The summed E-state index contributed by atoms with van der Waals surface area (Å²) < 4.78 is 5.96. The first kappa shape index (κ1) is 12.7. The van der Waals surface area contributed by atoms with Crippen molar-refractivity contribution < 1.29 is 9.53 Å². The summed E-state index contributed by atoms with van der Waals surface area (Å²) in [4.78, 5) is 13.3. The van der Waals surface area contributed by atoms with Crippen LogP contribution in [0, 0.1) is 0 Å². The van der Waals surface area contributed by atoms with Crippen LogP contribution in [-0.2, 0) is 16.1 Å². The van der Waals surface area contributed by atoms with Crippen LogP contribution in [0.5, 0.6) is 0 Å². The Labute approximate surface area is 102 Å². The van der Waals surface area contributed by atoms with E-state index >= 15 is 0 Å². The highest BCUT2D eigenvalue weighted by molar-refractivity contribution is 9.11. The second-order valence-electron chi connectivity index (χ2n) is 3.25. The molecule has 0 bridgehead atoms. The fraction of sp³-hybridized carbons (Fsp3) is 0.500. The molecule has 0 N–H and O–H groups in total. The quantitative estimate of drug-likeness (QED) is 0.834. The van der Waals surface area contributed by atoms with Gasteiger partial charge in [-0.25, -0.2) is 0 Å². The molecule has 0 saturated heterocycles. The molecule has 0 aliphatic rings. The fourth-order valence-corrected chi connectivity index (χ4v) is 2.37. The largest absolute Gasteiger partial charge is 0.384 e. The third-order valence-corrected chi connectivity index (χ3v) is 3.54. The monoisotopic (exact) mass is 291 g/mol. The van der Waals surface area contributed by atoms with E-state index in [-0.39, 0.29) is 5.91 Å². The maximum atomic E-state index is 11.6. The molecule has 1 aromatic heterocycles. The predicted molar refractivity (Wildman–Crippen MR) is 65.0 cm³/mol. The molecule has 0 unspecified atom stereocenters.